The van der Waals surface area contributed by atoms with Crippen LogP contribution in [0.5, 0.6) is 0 Å². The standard InChI is InChI=1S/C16H21N3O6S4/c1-4-17-14-10-19(3)29(24,25)16-13(14)9-15(26-16)28(22,23)18-27(20,21)12-7-5-11(2)6-8-12/h5-9,14,17-18H,4,10H2,1-3H3/t14-/m0/s1. The van der Waals surface area contributed by atoms with Crippen molar-refractivity contribution in [2.24, 2.45) is 0 Å². The molecule has 0 bridgehead atoms. The second-order valence-corrected chi connectivity index (χ2v) is 13.7. The summed E-state index contributed by atoms with van der Waals surface area (Å²) in [7, 11) is -11.3. The molecule has 0 saturated carbocycles. The van der Waals surface area contributed by atoms with Crippen molar-refractivity contribution in [1.82, 2.24) is 13.7 Å². The largest absolute Gasteiger partial charge is 0.309 e. The van der Waals surface area contributed by atoms with Crippen molar-refractivity contribution in [3.05, 3.63) is 41.5 Å². The summed E-state index contributed by atoms with van der Waals surface area (Å²) >= 11 is 0.536. The van der Waals surface area contributed by atoms with Crippen molar-refractivity contribution in [2.45, 2.75) is 33.2 Å². The summed E-state index contributed by atoms with van der Waals surface area (Å²) in [5, 5.41) is 3.12. The third-order valence-electron chi connectivity index (χ3n) is 4.43. The molecule has 1 aromatic heterocycles. The van der Waals surface area contributed by atoms with Crippen molar-refractivity contribution >= 4 is 41.4 Å². The maximum absolute atomic E-state index is 12.8. The Bertz CT molecular complexity index is 1230. The molecule has 13 heteroatoms. The topological polar surface area (TPSA) is 130 Å². The van der Waals surface area contributed by atoms with E-state index in [2.05, 4.69) is 5.32 Å². The lowest BCUT2D eigenvalue weighted by atomic mass is 10.1. The minimum atomic E-state index is -4.51. The van der Waals surface area contributed by atoms with Crippen LogP contribution in [0.2, 0.25) is 0 Å². The van der Waals surface area contributed by atoms with Gasteiger partial charge in [0.05, 0.1) is 4.90 Å². The van der Waals surface area contributed by atoms with E-state index in [1.165, 1.54) is 25.2 Å². The van der Waals surface area contributed by atoms with Crippen molar-refractivity contribution in [1.29, 1.82) is 0 Å². The van der Waals surface area contributed by atoms with E-state index in [0.717, 1.165) is 9.87 Å². The number of aryl methyl sites for hydroxylation is 1. The van der Waals surface area contributed by atoms with Crippen LogP contribution in [0.1, 0.15) is 24.1 Å². The molecular formula is C16H21N3O6S4. The van der Waals surface area contributed by atoms with Gasteiger partial charge in [0.25, 0.3) is 30.1 Å². The molecule has 0 spiro atoms. The fourth-order valence-electron chi connectivity index (χ4n) is 2.91. The molecule has 160 valence electrons. The highest BCUT2D eigenvalue weighted by atomic mass is 32.3. The summed E-state index contributed by atoms with van der Waals surface area (Å²) in [5.74, 6) is 0. The molecule has 1 aliphatic rings. The second-order valence-electron chi connectivity index (χ2n) is 6.61. The number of benzene rings is 1. The lowest BCUT2D eigenvalue weighted by Crippen LogP contribution is -2.40. The molecule has 0 unspecified atom stereocenters. The zero-order valence-electron chi connectivity index (χ0n) is 15.9. The quantitative estimate of drug-likeness (QED) is 0.632. The van der Waals surface area contributed by atoms with Gasteiger partial charge in [-0.1, -0.05) is 28.7 Å². The van der Waals surface area contributed by atoms with Gasteiger partial charge in [0.15, 0.2) is 0 Å². The number of hydrogen-bond donors (Lipinski definition) is 2. The van der Waals surface area contributed by atoms with Crippen LogP contribution in [-0.2, 0) is 30.1 Å². The van der Waals surface area contributed by atoms with Crippen LogP contribution in [0.4, 0.5) is 0 Å². The number of rotatable bonds is 6. The number of fused-ring (bicyclic) bond motifs is 1. The summed E-state index contributed by atoms with van der Waals surface area (Å²) < 4.78 is 78.1. The Labute approximate surface area is 174 Å². The van der Waals surface area contributed by atoms with Gasteiger partial charge >= 0.3 is 0 Å². The van der Waals surface area contributed by atoms with Gasteiger partial charge in [-0.2, -0.15) is 4.31 Å². The Kier molecular flexibility index (Phi) is 5.95. The Morgan fingerprint density at radius 2 is 1.76 bits per heavy atom. The minimum absolute atomic E-state index is 0.106. The average molecular weight is 480 g/mol. The van der Waals surface area contributed by atoms with Gasteiger partial charge in [0, 0.05) is 25.2 Å². The Balaban J connectivity index is 2.03. The number of sulfonamides is 3. The number of thiophene rings is 1. The van der Waals surface area contributed by atoms with E-state index in [0.29, 0.717) is 23.4 Å². The first-order valence-electron chi connectivity index (χ1n) is 8.57. The van der Waals surface area contributed by atoms with Crippen LogP contribution in [0, 0.1) is 6.92 Å². The van der Waals surface area contributed by atoms with Crippen LogP contribution in [0.3, 0.4) is 0 Å². The fourth-order valence-corrected chi connectivity index (χ4v) is 9.60. The summed E-state index contributed by atoms with van der Waals surface area (Å²) in [6.07, 6.45) is 0. The minimum Gasteiger partial charge on any atom is -0.309 e. The smallest absolute Gasteiger partial charge is 0.263 e. The monoisotopic (exact) mass is 479 g/mol. The van der Waals surface area contributed by atoms with Crippen molar-refractivity contribution < 1.29 is 25.3 Å². The van der Waals surface area contributed by atoms with Gasteiger partial charge in [-0.3, -0.25) is 0 Å². The Morgan fingerprint density at radius 1 is 1.14 bits per heavy atom. The summed E-state index contributed by atoms with van der Waals surface area (Å²) in [5.41, 5.74) is 1.14. The molecular weight excluding hydrogens is 458 g/mol. The normalized spacial score (nSPS) is 19.8. The highest BCUT2D eigenvalue weighted by Gasteiger charge is 2.39. The van der Waals surface area contributed by atoms with E-state index in [4.69, 9.17) is 0 Å². The molecule has 1 aliphatic heterocycles. The summed E-state index contributed by atoms with van der Waals surface area (Å²) in [6, 6.07) is 6.53. The molecule has 1 aromatic carbocycles. The number of nitrogens with one attached hydrogen (secondary N) is 2. The van der Waals surface area contributed by atoms with E-state index < -0.39 is 36.1 Å². The van der Waals surface area contributed by atoms with Crippen LogP contribution < -0.4 is 9.44 Å². The van der Waals surface area contributed by atoms with E-state index >= 15 is 0 Å². The lowest BCUT2D eigenvalue weighted by molar-refractivity contribution is 0.385. The summed E-state index contributed by atoms with van der Waals surface area (Å²) in [6.45, 7) is 4.32. The van der Waals surface area contributed by atoms with Gasteiger partial charge in [-0.05, 0) is 31.7 Å². The molecule has 1 atom stereocenters. The summed E-state index contributed by atoms with van der Waals surface area (Å²) in [4.78, 5) is -0.203. The number of likely N-dealkylation sites (N-methyl/N-ethyl adjacent to an activating group) is 2. The van der Waals surface area contributed by atoms with Crippen LogP contribution in [-0.4, -0.2) is 49.7 Å². The van der Waals surface area contributed by atoms with Gasteiger partial charge in [0.2, 0.25) is 0 Å². The Morgan fingerprint density at radius 3 is 2.34 bits per heavy atom. The third-order valence-corrected chi connectivity index (χ3v) is 11.9. The van der Waals surface area contributed by atoms with Crippen molar-refractivity contribution in [3.63, 3.8) is 0 Å². The van der Waals surface area contributed by atoms with E-state index in [1.54, 1.807) is 23.2 Å². The maximum Gasteiger partial charge on any atom is 0.263 e. The first-order chi connectivity index (χ1) is 13.4. The highest BCUT2D eigenvalue weighted by molar-refractivity contribution is 8.05. The van der Waals surface area contributed by atoms with Crippen LogP contribution in [0.15, 0.2) is 43.6 Å². The maximum atomic E-state index is 12.8. The van der Waals surface area contributed by atoms with E-state index in [9.17, 15) is 25.3 Å². The Hall–Kier alpha value is -1.35. The molecule has 2 aromatic rings. The predicted octanol–water partition coefficient (Wildman–Crippen LogP) is 1.01. The van der Waals surface area contributed by atoms with Gasteiger partial charge in [-0.25, -0.2) is 25.3 Å². The van der Waals surface area contributed by atoms with Crippen molar-refractivity contribution in [3.8, 4) is 0 Å². The highest BCUT2D eigenvalue weighted by Crippen LogP contribution is 2.39. The molecule has 2 N–H and O–H groups in total. The molecule has 0 amide bonds. The fraction of sp³-hybridized carbons (Fsp3) is 0.375. The lowest BCUT2D eigenvalue weighted by Gasteiger charge is -2.29. The van der Waals surface area contributed by atoms with E-state index in [-0.39, 0.29) is 19.9 Å². The number of nitrogens with zero attached hydrogens (tertiary/aromatic N) is 1. The molecule has 2 heterocycles. The predicted molar refractivity (Wildman–Crippen MR) is 109 cm³/mol. The zero-order valence-corrected chi connectivity index (χ0v) is 19.2. The molecule has 0 saturated heterocycles. The molecule has 0 aliphatic carbocycles. The molecule has 0 fully saturated rings. The van der Waals surface area contributed by atoms with Gasteiger partial charge in [0.1, 0.15) is 8.42 Å². The van der Waals surface area contributed by atoms with E-state index in [1.807, 2.05) is 6.92 Å². The van der Waals surface area contributed by atoms with Gasteiger partial charge < -0.3 is 5.32 Å². The third kappa shape index (κ3) is 4.26. The van der Waals surface area contributed by atoms with Crippen LogP contribution in [0.25, 0.3) is 0 Å². The molecule has 29 heavy (non-hydrogen) atoms. The van der Waals surface area contributed by atoms with Gasteiger partial charge in [-0.15, -0.1) is 11.3 Å². The van der Waals surface area contributed by atoms with Crippen LogP contribution >= 0.6 is 11.3 Å². The first kappa shape index (κ1) is 22.3. The molecule has 9 nitrogen and oxygen atoms in total. The van der Waals surface area contributed by atoms with Crippen molar-refractivity contribution in [2.75, 3.05) is 20.1 Å². The second kappa shape index (κ2) is 7.72. The number of hydrogen-bond acceptors (Lipinski definition) is 8. The average Bonchev–Trinajstić information content (AvgIpc) is 3.07. The first-order valence-corrected chi connectivity index (χ1v) is 13.8. The SMILES string of the molecule is CCN[C@H]1CN(C)S(=O)(=O)c2sc(S(=O)(=O)NS(=O)(=O)c3ccc(C)cc3)cc21. The molecule has 0 radical (unpaired) electrons. The zero-order chi connectivity index (χ0) is 21.6. The molecule has 3 rings (SSSR count).